The first-order valence-corrected chi connectivity index (χ1v) is 7.91. The van der Waals surface area contributed by atoms with Gasteiger partial charge in [0.2, 0.25) is 0 Å². The van der Waals surface area contributed by atoms with Crippen molar-refractivity contribution in [2.75, 3.05) is 38.3 Å². The average Bonchev–Trinajstić information content (AvgIpc) is 2.67. The first-order chi connectivity index (χ1) is 11.8. The second-order valence-electron chi connectivity index (χ2n) is 5.49. The quantitative estimate of drug-likeness (QED) is 0.641. The highest BCUT2D eigenvalue weighted by Gasteiger charge is 2.10. The summed E-state index contributed by atoms with van der Waals surface area (Å²) in [6.45, 7) is 3.43. The molecule has 0 radical (unpaired) electrons. The Hall–Kier alpha value is -2.66. The van der Waals surface area contributed by atoms with Gasteiger partial charge in [0.1, 0.15) is 0 Å². The van der Waals surface area contributed by atoms with Crippen LogP contribution in [-0.4, -0.2) is 45.6 Å². The van der Waals surface area contributed by atoms with Crippen LogP contribution in [-0.2, 0) is 9.47 Å². The van der Waals surface area contributed by atoms with Gasteiger partial charge in [0.05, 0.1) is 31.6 Å². The number of hydrogen-bond donors (Lipinski definition) is 0. The lowest BCUT2D eigenvalue weighted by Gasteiger charge is -2.28. The van der Waals surface area contributed by atoms with E-state index < -0.39 is 0 Å². The van der Waals surface area contributed by atoms with E-state index in [0.29, 0.717) is 5.56 Å². The fourth-order valence-corrected chi connectivity index (χ4v) is 2.54. The number of carbonyl (C=O) groups is 1. The Morgan fingerprint density at radius 3 is 2.38 bits per heavy atom. The fraction of sp³-hybridized carbons (Fsp3) is 0.263. The zero-order chi connectivity index (χ0) is 16.8. The molecule has 1 aliphatic heterocycles. The predicted octanol–water partition coefficient (Wildman–Crippen LogP) is 3.06. The zero-order valence-corrected chi connectivity index (χ0v) is 13.6. The van der Waals surface area contributed by atoms with Crippen molar-refractivity contribution in [2.45, 2.75) is 0 Å². The molecule has 2 aromatic carbocycles. The molecular weight excluding hydrogens is 304 g/mol. The van der Waals surface area contributed by atoms with Gasteiger partial charge in [-0.2, -0.15) is 0 Å². The molecule has 5 nitrogen and oxygen atoms in total. The number of ether oxygens (including phenoxy) is 2. The number of esters is 1. The Bertz CT molecular complexity index is 702. The standard InChI is InChI=1S/C19H20N2O3/c1-23-19(22)16-4-6-17(7-5-16)20-14-15-2-8-18(9-3-15)21-10-12-24-13-11-21/h2-9,14H,10-13H2,1H3. The van der Waals surface area contributed by atoms with Gasteiger partial charge < -0.3 is 14.4 Å². The molecule has 24 heavy (non-hydrogen) atoms. The van der Waals surface area contributed by atoms with E-state index in [-0.39, 0.29) is 5.97 Å². The second-order valence-corrected chi connectivity index (χ2v) is 5.49. The van der Waals surface area contributed by atoms with Crippen LogP contribution in [0.4, 0.5) is 11.4 Å². The van der Waals surface area contributed by atoms with Crippen molar-refractivity contribution in [1.29, 1.82) is 0 Å². The lowest BCUT2D eigenvalue weighted by Crippen LogP contribution is -2.36. The molecule has 0 unspecified atom stereocenters. The maximum Gasteiger partial charge on any atom is 0.337 e. The molecule has 0 N–H and O–H groups in total. The van der Waals surface area contributed by atoms with Crippen LogP contribution in [0.25, 0.3) is 0 Å². The van der Waals surface area contributed by atoms with Gasteiger partial charge in [0.25, 0.3) is 0 Å². The van der Waals surface area contributed by atoms with Gasteiger partial charge in [0, 0.05) is 25.0 Å². The SMILES string of the molecule is COC(=O)c1ccc(N=Cc2ccc(N3CCOCC3)cc2)cc1. The lowest BCUT2D eigenvalue weighted by molar-refractivity contribution is 0.0601. The molecule has 124 valence electrons. The number of benzene rings is 2. The normalized spacial score (nSPS) is 14.8. The highest BCUT2D eigenvalue weighted by molar-refractivity contribution is 5.90. The van der Waals surface area contributed by atoms with Crippen molar-refractivity contribution in [3.05, 3.63) is 59.7 Å². The van der Waals surface area contributed by atoms with Crippen molar-refractivity contribution < 1.29 is 14.3 Å². The molecule has 5 heteroatoms. The van der Waals surface area contributed by atoms with E-state index in [4.69, 9.17) is 4.74 Å². The van der Waals surface area contributed by atoms with Gasteiger partial charge in [-0.1, -0.05) is 12.1 Å². The molecule has 0 spiro atoms. The number of aliphatic imine (C=N–C) groups is 1. The van der Waals surface area contributed by atoms with E-state index >= 15 is 0 Å². The molecule has 1 saturated heterocycles. The number of hydrogen-bond acceptors (Lipinski definition) is 5. The molecule has 0 aromatic heterocycles. The molecule has 1 heterocycles. The predicted molar refractivity (Wildman–Crippen MR) is 94.5 cm³/mol. The van der Waals surface area contributed by atoms with Crippen molar-refractivity contribution in [3.8, 4) is 0 Å². The molecule has 0 amide bonds. The summed E-state index contributed by atoms with van der Waals surface area (Å²) in [6, 6.07) is 15.3. The van der Waals surface area contributed by atoms with E-state index in [1.165, 1.54) is 12.8 Å². The van der Waals surface area contributed by atoms with E-state index in [0.717, 1.165) is 37.6 Å². The van der Waals surface area contributed by atoms with Gasteiger partial charge in [-0.25, -0.2) is 4.79 Å². The second kappa shape index (κ2) is 7.75. The largest absolute Gasteiger partial charge is 0.465 e. The Kier molecular flexibility index (Phi) is 5.23. The Balaban J connectivity index is 1.64. The average molecular weight is 324 g/mol. The van der Waals surface area contributed by atoms with Gasteiger partial charge in [-0.05, 0) is 42.0 Å². The molecule has 0 atom stereocenters. The van der Waals surface area contributed by atoms with Crippen LogP contribution < -0.4 is 4.90 Å². The van der Waals surface area contributed by atoms with Crippen LogP contribution in [0.3, 0.4) is 0 Å². The number of carbonyl (C=O) groups excluding carboxylic acids is 1. The number of anilines is 1. The number of methoxy groups -OCH3 is 1. The Labute approximate surface area is 141 Å². The van der Waals surface area contributed by atoms with Crippen LogP contribution in [0.5, 0.6) is 0 Å². The summed E-state index contributed by atoms with van der Waals surface area (Å²) < 4.78 is 10.0. The summed E-state index contributed by atoms with van der Waals surface area (Å²) in [6.07, 6.45) is 1.82. The van der Waals surface area contributed by atoms with E-state index in [9.17, 15) is 4.79 Å². The minimum Gasteiger partial charge on any atom is -0.465 e. The van der Waals surface area contributed by atoms with Gasteiger partial charge in [0.15, 0.2) is 0 Å². The third-order valence-electron chi connectivity index (χ3n) is 3.92. The molecule has 0 aliphatic carbocycles. The van der Waals surface area contributed by atoms with E-state index in [1.807, 2.05) is 6.21 Å². The van der Waals surface area contributed by atoms with Crippen LogP contribution in [0, 0.1) is 0 Å². The monoisotopic (exact) mass is 324 g/mol. The molecule has 1 aliphatic rings. The maximum atomic E-state index is 11.4. The summed E-state index contributed by atoms with van der Waals surface area (Å²) in [5.41, 5.74) is 3.55. The van der Waals surface area contributed by atoms with Crippen molar-refractivity contribution in [1.82, 2.24) is 0 Å². The van der Waals surface area contributed by atoms with Crippen LogP contribution in [0.2, 0.25) is 0 Å². The summed E-state index contributed by atoms with van der Waals surface area (Å²) in [4.78, 5) is 18.1. The van der Waals surface area contributed by atoms with Crippen molar-refractivity contribution in [2.24, 2.45) is 4.99 Å². The zero-order valence-electron chi connectivity index (χ0n) is 13.6. The summed E-state index contributed by atoms with van der Waals surface area (Å²) in [5.74, 6) is -0.343. The minimum atomic E-state index is -0.343. The highest BCUT2D eigenvalue weighted by atomic mass is 16.5. The molecule has 3 rings (SSSR count). The van der Waals surface area contributed by atoms with E-state index in [1.54, 1.807) is 24.3 Å². The number of rotatable bonds is 4. The summed E-state index contributed by atoms with van der Waals surface area (Å²) in [5, 5.41) is 0. The molecule has 2 aromatic rings. The third-order valence-corrected chi connectivity index (χ3v) is 3.92. The Morgan fingerprint density at radius 2 is 1.75 bits per heavy atom. The first-order valence-electron chi connectivity index (χ1n) is 7.91. The molecular formula is C19H20N2O3. The van der Waals surface area contributed by atoms with Crippen LogP contribution >= 0.6 is 0 Å². The first kappa shape index (κ1) is 16.2. The third kappa shape index (κ3) is 4.00. The van der Waals surface area contributed by atoms with Gasteiger partial charge in [-0.15, -0.1) is 0 Å². The molecule has 0 saturated carbocycles. The van der Waals surface area contributed by atoms with E-state index in [2.05, 4.69) is 38.9 Å². The van der Waals surface area contributed by atoms with Crippen molar-refractivity contribution >= 4 is 23.6 Å². The lowest BCUT2D eigenvalue weighted by atomic mass is 10.2. The van der Waals surface area contributed by atoms with Gasteiger partial charge in [-0.3, -0.25) is 4.99 Å². The van der Waals surface area contributed by atoms with Crippen molar-refractivity contribution in [3.63, 3.8) is 0 Å². The van der Waals surface area contributed by atoms with Crippen LogP contribution in [0.1, 0.15) is 15.9 Å². The highest BCUT2D eigenvalue weighted by Crippen LogP contribution is 2.17. The maximum absolute atomic E-state index is 11.4. The van der Waals surface area contributed by atoms with Gasteiger partial charge >= 0.3 is 5.97 Å². The molecule has 1 fully saturated rings. The number of morpholine rings is 1. The minimum absolute atomic E-state index is 0.343. The summed E-state index contributed by atoms with van der Waals surface area (Å²) in [7, 11) is 1.37. The fourth-order valence-electron chi connectivity index (χ4n) is 2.54. The topological polar surface area (TPSA) is 51.1 Å². The Morgan fingerprint density at radius 1 is 1.08 bits per heavy atom. The summed E-state index contributed by atoms with van der Waals surface area (Å²) >= 11 is 0. The molecule has 0 bridgehead atoms. The smallest absolute Gasteiger partial charge is 0.337 e. The number of nitrogens with zero attached hydrogens (tertiary/aromatic N) is 2. The van der Waals surface area contributed by atoms with Crippen LogP contribution in [0.15, 0.2) is 53.5 Å².